The molecule has 0 fully saturated rings. The van der Waals surface area contributed by atoms with E-state index in [1.165, 1.54) is 0 Å². The van der Waals surface area contributed by atoms with Crippen LogP contribution in [0.2, 0.25) is 0 Å². The minimum Gasteiger partial charge on any atom is -0.345 e. The van der Waals surface area contributed by atoms with Crippen molar-refractivity contribution in [2.45, 2.75) is 13.1 Å². The molecule has 0 bridgehead atoms. The average molecular weight is 337 g/mol. The molecular weight excluding hydrogens is 318 g/mol. The maximum Gasteiger partial charge on any atom is 0.251 e. The molecule has 0 aliphatic carbocycles. The van der Waals surface area contributed by atoms with Gasteiger partial charge in [0.1, 0.15) is 11.5 Å². The Bertz CT molecular complexity index is 845. The Labute approximate surface area is 145 Å². The Balaban J connectivity index is 1.62. The van der Waals surface area contributed by atoms with Gasteiger partial charge >= 0.3 is 0 Å². The molecular formula is C17H19N7O. The smallest absolute Gasteiger partial charge is 0.251 e. The van der Waals surface area contributed by atoms with Gasteiger partial charge in [-0.05, 0) is 31.8 Å². The summed E-state index contributed by atoms with van der Waals surface area (Å²) in [6.07, 6.45) is 4.75. The van der Waals surface area contributed by atoms with Gasteiger partial charge in [0.05, 0.1) is 12.7 Å². The summed E-state index contributed by atoms with van der Waals surface area (Å²) in [5.74, 6) is 0.849. The standard InChI is InChI=1S/C17H19N7O/c1-24(2)11-12-4-3-5-13(8-12)17(25)20-10-15-21-16(23-22-15)14-9-18-6-7-19-14/h3-9H,10-11H2,1-2H3,(H,20,25)(H,21,22,23). The first-order chi connectivity index (χ1) is 12.1. The molecule has 8 heteroatoms. The predicted octanol–water partition coefficient (Wildman–Crippen LogP) is 1.25. The Morgan fingerprint density at radius 1 is 1.28 bits per heavy atom. The number of nitrogens with one attached hydrogen (secondary N) is 2. The van der Waals surface area contributed by atoms with Crippen LogP contribution < -0.4 is 5.32 Å². The number of nitrogens with zero attached hydrogens (tertiary/aromatic N) is 5. The van der Waals surface area contributed by atoms with Gasteiger partial charge in [0.15, 0.2) is 0 Å². The number of hydrogen-bond acceptors (Lipinski definition) is 6. The molecule has 1 amide bonds. The van der Waals surface area contributed by atoms with E-state index in [-0.39, 0.29) is 12.5 Å². The number of amides is 1. The van der Waals surface area contributed by atoms with Crippen LogP contribution in [0.5, 0.6) is 0 Å². The van der Waals surface area contributed by atoms with E-state index >= 15 is 0 Å². The first-order valence-corrected chi connectivity index (χ1v) is 7.81. The van der Waals surface area contributed by atoms with Gasteiger partial charge in [0.25, 0.3) is 5.91 Å². The second-order valence-electron chi connectivity index (χ2n) is 5.82. The fourth-order valence-electron chi connectivity index (χ4n) is 2.35. The quantitative estimate of drug-likeness (QED) is 0.702. The molecule has 3 aromatic rings. The molecule has 0 saturated heterocycles. The molecule has 0 saturated carbocycles. The van der Waals surface area contributed by atoms with Gasteiger partial charge in [-0.25, -0.2) is 9.97 Å². The highest BCUT2D eigenvalue weighted by molar-refractivity contribution is 5.94. The second-order valence-corrected chi connectivity index (χ2v) is 5.82. The van der Waals surface area contributed by atoms with Crippen molar-refractivity contribution in [2.24, 2.45) is 0 Å². The van der Waals surface area contributed by atoms with E-state index in [0.717, 1.165) is 12.1 Å². The Morgan fingerprint density at radius 2 is 2.16 bits per heavy atom. The SMILES string of the molecule is CN(C)Cc1cccc(C(=O)NCc2nc(-c3cnccn3)n[nH]2)c1. The van der Waals surface area contributed by atoms with Crippen LogP contribution in [0, 0.1) is 0 Å². The van der Waals surface area contributed by atoms with Crippen LogP contribution in [0.1, 0.15) is 21.7 Å². The maximum atomic E-state index is 12.3. The van der Waals surface area contributed by atoms with Crippen LogP contribution >= 0.6 is 0 Å². The van der Waals surface area contributed by atoms with Gasteiger partial charge in [0, 0.05) is 24.5 Å². The van der Waals surface area contributed by atoms with E-state index in [4.69, 9.17) is 0 Å². The predicted molar refractivity (Wildman–Crippen MR) is 92.4 cm³/mol. The zero-order valence-corrected chi connectivity index (χ0v) is 14.1. The van der Waals surface area contributed by atoms with Crippen molar-refractivity contribution >= 4 is 5.91 Å². The highest BCUT2D eigenvalue weighted by Gasteiger charge is 2.10. The van der Waals surface area contributed by atoms with Crippen LogP contribution in [0.3, 0.4) is 0 Å². The van der Waals surface area contributed by atoms with Gasteiger partial charge in [0.2, 0.25) is 5.82 Å². The van der Waals surface area contributed by atoms with Crippen molar-refractivity contribution in [3.8, 4) is 11.5 Å². The van der Waals surface area contributed by atoms with Gasteiger partial charge < -0.3 is 10.2 Å². The number of carbonyl (C=O) groups excluding carboxylic acids is 1. The number of H-pyrrole nitrogens is 1. The summed E-state index contributed by atoms with van der Waals surface area (Å²) in [6.45, 7) is 1.04. The zero-order chi connectivity index (χ0) is 17.6. The number of benzene rings is 1. The molecule has 0 atom stereocenters. The van der Waals surface area contributed by atoms with Gasteiger partial charge in [-0.3, -0.25) is 14.9 Å². The third kappa shape index (κ3) is 4.45. The summed E-state index contributed by atoms with van der Waals surface area (Å²) >= 11 is 0. The lowest BCUT2D eigenvalue weighted by Crippen LogP contribution is -2.23. The average Bonchev–Trinajstić information content (AvgIpc) is 3.09. The van der Waals surface area contributed by atoms with Gasteiger partial charge in [-0.1, -0.05) is 12.1 Å². The molecule has 2 N–H and O–H groups in total. The first-order valence-electron chi connectivity index (χ1n) is 7.81. The summed E-state index contributed by atoms with van der Waals surface area (Å²) in [6, 6.07) is 7.56. The fourth-order valence-corrected chi connectivity index (χ4v) is 2.35. The van der Waals surface area contributed by atoms with Crippen LogP contribution in [-0.2, 0) is 13.1 Å². The van der Waals surface area contributed by atoms with Crippen LogP contribution in [0.25, 0.3) is 11.5 Å². The molecule has 0 spiro atoms. The van der Waals surface area contributed by atoms with Crippen LogP contribution in [0.4, 0.5) is 0 Å². The Kier molecular flexibility index (Phi) is 5.10. The van der Waals surface area contributed by atoms with E-state index in [0.29, 0.717) is 22.9 Å². The minimum atomic E-state index is -0.155. The summed E-state index contributed by atoms with van der Waals surface area (Å²) in [7, 11) is 3.98. The van der Waals surface area contributed by atoms with Crippen molar-refractivity contribution in [1.82, 2.24) is 35.4 Å². The van der Waals surface area contributed by atoms with Crippen molar-refractivity contribution in [3.05, 3.63) is 59.8 Å². The van der Waals surface area contributed by atoms with E-state index < -0.39 is 0 Å². The summed E-state index contributed by atoms with van der Waals surface area (Å²) in [5.41, 5.74) is 2.28. The number of aromatic amines is 1. The highest BCUT2D eigenvalue weighted by Crippen LogP contribution is 2.09. The molecule has 0 radical (unpaired) electrons. The third-order valence-electron chi connectivity index (χ3n) is 3.43. The summed E-state index contributed by atoms with van der Waals surface area (Å²) in [4.78, 5) is 26.8. The maximum absolute atomic E-state index is 12.3. The number of carbonyl (C=O) groups is 1. The monoisotopic (exact) mass is 337 g/mol. The molecule has 1 aromatic carbocycles. The molecule has 3 rings (SSSR count). The zero-order valence-electron chi connectivity index (χ0n) is 14.1. The molecule has 8 nitrogen and oxygen atoms in total. The molecule has 128 valence electrons. The van der Waals surface area contributed by atoms with E-state index in [1.807, 2.05) is 32.3 Å². The topological polar surface area (TPSA) is 99.7 Å². The molecule has 0 aliphatic rings. The lowest BCUT2D eigenvalue weighted by Gasteiger charge is -2.10. The van der Waals surface area contributed by atoms with Crippen molar-refractivity contribution in [2.75, 3.05) is 14.1 Å². The Hall–Kier alpha value is -3.13. The van der Waals surface area contributed by atoms with E-state index in [2.05, 4.69) is 35.4 Å². The molecule has 2 aromatic heterocycles. The number of aromatic nitrogens is 5. The van der Waals surface area contributed by atoms with E-state index in [1.54, 1.807) is 24.7 Å². The van der Waals surface area contributed by atoms with Crippen LogP contribution in [-0.4, -0.2) is 50.1 Å². The summed E-state index contributed by atoms with van der Waals surface area (Å²) < 4.78 is 0. The van der Waals surface area contributed by atoms with Crippen molar-refractivity contribution in [1.29, 1.82) is 0 Å². The minimum absolute atomic E-state index is 0.155. The Morgan fingerprint density at radius 3 is 2.92 bits per heavy atom. The van der Waals surface area contributed by atoms with Crippen molar-refractivity contribution < 1.29 is 4.79 Å². The molecule has 25 heavy (non-hydrogen) atoms. The molecule has 0 unspecified atom stereocenters. The van der Waals surface area contributed by atoms with Crippen molar-refractivity contribution in [3.63, 3.8) is 0 Å². The normalized spacial score (nSPS) is 10.8. The lowest BCUT2D eigenvalue weighted by atomic mass is 10.1. The number of rotatable bonds is 6. The summed E-state index contributed by atoms with van der Waals surface area (Å²) in [5, 5.41) is 9.73. The fraction of sp³-hybridized carbons (Fsp3) is 0.235. The molecule has 2 heterocycles. The van der Waals surface area contributed by atoms with Gasteiger partial charge in [-0.15, -0.1) is 0 Å². The molecule has 0 aliphatic heterocycles. The van der Waals surface area contributed by atoms with Gasteiger partial charge in [-0.2, -0.15) is 5.10 Å². The first kappa shape index (κ1) is 16.7. The lowest BCUT2D eigenvalue weighted by molar-refractivity contribution is 0.0949. The number of hydrogen-bond donors (Lipinski definition) is 2. The van der Waals surface area contributed by atoms with Crippen LogP contribution in [0.15, 0.2) is 42.9 Å². The largest absolute Gasteiger partial charge is 0.345 e. The second kappa shape index (κ2) is 7.63. The third-order valence-corrected chi connectivity index (χ3v) is 3.43. The van der Waals surface area contributed by atoms with E-state index in [9.17, 15) is 4.79 Å². The highest BCUT2D eigenvalue weighted by atomic mass is 16.1.